The highest BCUT2D eigenvalue weighted by Gasteiger charge is 1.97. The maximum Gasteiger partial charge on any atom is 0.157 e. The van der Waals surface area contributed by atoms with Gasteiger partial charge in [-0.05, 0) is 28.8 Å². The van der Waals surface area contributed by atoms with Crippen molar-refractivity contribution in [2.45, 2.75) is 6.61 Å². The number of hydrogen-bond donors (Lipinski definition) is 3. The van der Waals surface area contributed by atoms with Crippen molar-refractivity contribution in [1.29, 1.82) is 0 Å². The van der Waals surface area contributed by atoms with Gasteiger partial charge >= 0.3 is 0 Å². The van der Waals surface area contributed by atoms with Crippen LogP contribution >= 0.6 is 0 Å². The summed E-state index contributed by atoms with van der Waals surface area (Å²) < 4.78 is 0. The first-order valence-electron chi connectivity index (χ1n) is 5.59. The molecular formula is C15H14O3. The van der Waals surface area contributed by atoms with E-state index in [1.54, 1.807) is 6.07 Å². The fourth-order valence-corrected chi connectivity index (χ4v) is 1.57. The predicted molar refractivity (Wildman–Crippen MR) is 71.1 cm³/mol. The van der Waals surface area contributed by atoms with Gasteiger partial charge in [-0.1, -0.05) is 42.5 Å². The minimum absolute atomic E-state index is 0.0375. The van der Waals surface area contributed by atoms with Crippen molar-refractivity contribution >= 4 is 12.2 Å². The largest absolute Gasteiger partial charge is 0.504 e. The van der Waals surface area contributed by atoms with Crippen LogP contribution in [0.3, 0.4) is 0 Å². The molecule has 0 spiro atoms. The molecule has 0 heterocycles. The van der Waals surface area contributed by atoms with E-state index >= 15 is 0 Å². The topological polar surface area (TPSA) is 60.7 Å². The van der Waals surface area contributed by atoms with E-state index in [1.807, 2.05) is 36.4 Å². The summed E-state index contributed by atoms with van der Waals surface area (Å²) >= 11 is 0. The number of benzene rings is 2. The molecule has 0 aliphatic heterocycles. The summed E-state index contributed by atoms with van der Waals surface area (Å²) in [7, 11) is 0. The normalized spacial score (nSPS) is 10.9. The van der Waals surface area contributed by atoms with Crippen molar-refractivity contribution in [3.63, 3.8) is 0 Å². The van der Waals surface area contributed by atoms with E-state index in [0.29, 0.717) is 0 Å². The lowest BCUT2D eigenvalue weighted by Gasteiger charge is -1.99. The number of phenolic OH excluding ortho intramolecular Hbond substituents is 2. The molecule has 2 rings (SSSR count). The third-order valence-electron chi connectivity index (χ3n) is 2.63. The highest BCUT2D eigenvalue weighted by molar-refractivity contribution is 5.70. The van der Waals surface area contributed by atoms with E-state index in [4.69, 9.17) is 5.11 Å². The zero-order chi connectivity index (χ0) is 13.0. The van der Waals surface area contributed by atoms with Crippen molar-refractivity contribution in [2.75, 3.05) is 0 Å². The Morgan fingerprint density at radius 1 is 0.778 bits per heavy atom. The molecule has 0 fully saturated rings. The molecule has 0 bridgehead atoms. The van der Waals surface area contributed by atoms with Gasteiger partial charge in [0.15, 0.2) is 11.5 Å². The Balaban J connectivity index is 2.16. The minimum Gasteiger partial charge on any atom is -0.504 e. The highest BCUT2D eigenvalue weighted by atomic mass is 16.3. The summed E-state index contributed by atoms with van der Waals surface area (Å²) in [5.41, 5.74) is 2.67. The fourth-order valence-electron chi connectivity index (χ4n) is 1.57. The molecule has 0 saturated carbocycles. The van der Waals surface area contributed by atoms with Crippen molar-refractivity contribution in [1.82, 2.24) is 0 Å². The lowest BCUT2D eigenvalue weighted by atomic mass is 10.1. The van der Waals surface area contributed by atoms with Crippen LogP contribution in [0.25, 0.3) is 12.2 Å². The number of phenols is 2. The van der Waals surface area contributed by atoms with Crippen LogP contribution in [0.2, 0.25) is 0 Å². The van der Waals surface area contributed by atoms with E-state index in [2.05, 4.69) is 0 Å². The molecule has 0 atom stereocenters. The number of aromatic hydroxyl groups is 2. The van der Waals surface area contributed by atoms with Crippen LogP contribution in [0.4, 0.5) is 0 Å². The molecule has 0 unspecified atom stereocenters. The quantitative estimate of drug-likeness (QED) is 0.573. The molecule has 0 amide bonds. The van der Waals surface area contributed by atoms with E-state index in [9.17, 15) is 10.2 Å². The van der Waals surface area contributed by atoms with E-state index in [-0.39, 0.29) is 18.1 Å². The summed E-state index contributed by atoms with van der Waals surface area (Å²) in [5, 5.41) is 27.5. The van der Waals surface area contributed by atoms with Gasteiger partial charge in [0.2, 0.25) is 0 Å². The molecule has 3 nitrogen and oxygen atoms in total. The molecule has 92 valence electrons. The second-order valence-electron chi connectivity index (χ2n) is 3.98. The van der Waals surface area contributed by atoms with Crippen LogP contribution in [0.1, 0.15) is 16.7 Å². The van der Waals surface area contributed by atoms with E-state index < -0.39 is 0 Å². The monoisotopic (exact) mass is 242 g/mol. The molecule has 2 aromatic carbocycles. The molecule has 0 aliphatic rings. The minimum atomic E-state index is -0.132. The number of rotatable bonds is 3. The predicted octanol–water partition coefficient (Wildman–Crippen LogP) is 2.76. The molecule has 0 aromatic heterocycles. The second-order valence-corrected chi connectivity index (χ2v) is 3.98. The van der Waals surface area contributed by atoms with Gasteiger partial charge in [-0.25, -0.2) is 0 Å². The van der Waals surface area contributed by atoms with Gasteiger partial charge in [0.25, 0.3) is 0 Å². The molecular weight excluding hydrogens is 228 g/mol. The zero-order valence-electron chi connectivity index (χ0n) is 9.74. The Hall–Kier alpha value is -2.26. The van der Waals surface area contributed by atoms with E-state index in [1.165, 1.54) is 12.1 Å². The first kappa shape index (κ1) is 12.2. The summed E-state index contributed by atoms with van der Waals surface area (Å²) in [5.74, 6) is -0.257. The molecule has 3 N–H and O–H groups in total. The summed E-state index contributed by atoms with van der Waals surface area (Å²) in [6, 6.07) is 12.2. The van der Waals surface area contributed by atoms with Gasteiger partial charge in [-0.15, -0.1) is 0 Å². The molecule has 0 saturated heterocycles. The second kappa shape index (κ2) is 5.38. The zero-order valence-corrected chi connectivity index (χ0v) is 9.74. The first-order valence-corrected chi connectivity index (χ1v) is 5.59. The Morgan fingerprint density at radius 3 is 2.00 bits per heavy atom. The molecule has 18 heavy (non-hydrogen) atoms. The van der Waals surface area contributed by atoms with Crippen molar-refractivity contribution in [2.24, 2.45) is 0 Å². The lowest BCUT2D eigenvalue weighted by Crippen LogP contribution is -1.81. The third-order valence-corrected chi connectivity index (χ3v) is 2.63. The van der Waals surface area contributed by atoms with Gasteiger partial charge in [-0.2, -0.15) is 0 Å². The Kier molecular flexibility index (Phi) is 3.65. The molecule has 2 aromatic rings. The first-order chi connectivity index (χ1) is 8.69. The van der Waals surface area contributed by atoms with Crippen LogP contribution in [0.15, 0.2) is 42.5 Å². The number of aliphatic hydroxyl groups is 1. The highest BCUT2D eigenvalue weighted by Crippen LogP contribution is 2.25. The summed E-state index contributed by atoms with van der Waals surface area (Å²) in [4.78, 5) is 0. The SMILES string of the molecule is OCc1ccc(C=Cc2ccc(O)c(O)c2)cc1. The molecule has 0 radical (unpaired) electrons. The van der Waals surface area contributed by atoms with Gasteiger partial charge < -0.3 is 15.3 Å². The van der Waals surface area contributed by atoms with Crippen LogP contribution in [0, 0.1) is 0 Å². The number of aliphatic hydroxyl groups excluding tert-OH is 1. The summed E-state index contributed by atoms with van der Waals surface area (Å²) in [6.45, 7) is 0.0375. The summed E-state index contributed by atoms with van der Waals surface area (Å²) in [6.07, 6.45) is 3.74. The van der Waals surface area contributed by atoms with Crippen molar-refractivity contribution in [3.8, 4) is 11.5 Å². The average Bonchev–Trinajstić information content (AvgIpc) is 2.41. The number of hydrogen-bond acceptors (Lipinski definition) is 3. The Labute approximate surface area is 105 Å². The van der Waals surface area contributed by atoms with Crippen LogP contribution in [-0.4, -0.2) is 15.3 Å². The van der Waals surface area contributed by atoms with Crippen molar-refractivity contribution < 1.29 is 15.3 Å². The Bertz CT molecular complexity index is 556. The standard InChI is InChI=1S/C15H14O3/c16-10-13-5-2-11(3-6-13)1-4-12-7-8-14(17)15(18)9-12/h1-9,16-18H,10H2. The smallest absolute Gasteiger partial charge is 0.157 e. The van der Waals surface area contributed by atoms with Gasteiger partial charge in [0.1, 0.15) is 0 Å². The average molecular weight is 242 g/mol. The maximum absolute atomic E-state index is 9.35. The molecule has 3 heteroatoms. The van der Waals surface area contributed by atoms with Crippen molar-refractivity contribution in [3.05, 3.63) is 59.2 Å². The lowest BCUT2D eigenvalue weighted by molar-refractivity contribution is 0.282. The van der Waals surface area contributed by atoms with Gasteiger partial charge in [0, 0.05) is 0 Å². The van der Waals surface area contributed by atoms with Gasteiger partial charge in [0.05, 0.1) is 6.61 Å². The van der Waals surface area contributed by atoms with E-state index in [0.717, 1.165) is 16.7 Å². The molecule has 0 aliphatic carbocycles. The fraction of sp³-hybridized carbons (Fsp3) is 0.0667. The van der Waals surface area contributed by atoms with Gasteiger partial charge in [-0.3, -0.25) is 0 Å². The van der Waals surface area contributed by atoms with Crippen LogP contribution in [-0.2, 0) is 6.61 Å². The Morgan fingerprint density at radius 2 is 1.39 bits per heavy atom. The van der Waals surface area contributed by atoms with Crippen LogP contribution in [0.5, 0.6) is 11.5 Å². The maximum atomic E-state index is 9.35. The third kappa shape index (κ3) is 2.90. The van der Waals surface area contributed by atoms with Crippen LogP contribution < -0.4 is 0 Å².